The van der Waals surface area contributed by atoms with Crippen molar-refractivity contribution in [3.05, 3.63) is 33.6 Å². The fourth-order valence-electron chi connectivity index (χ4n) is 3.83. The van der Waals surface area contributed by atoms with E-state index in [1.165, 1.54) is 0 Å². The molecular formula is C20H26N4O4. The highest BCUT2D eigenvalue weighted by Crippen LogP contribution is 2.36. The van der Waals surface area contributed by atoms with Crippen LogP contribution < -0.4 is 15.6 Å². The van der Waals surface area contributed by atoms with Crippen molar-refractivity contribution in [1.82, 2.24) is 9.58 Å². The van der Waals surface area contributed by atoms with E-state index in [-0.39, 0.29) is 12.3 Å². The van der Waals surface area contributed by atoms with Crippen molar-refractivity contribution in [3.8, 4) is 5.75 Å². The summed E-state index contributed by atoms with van der Waals surface area (Å²) in [7, 11) is 3.25. The molecule has 8 nitrogen and oxygen atoms in total. The first-order chi connectivity index (χ1) is 13.7. The molecule has 150 valence electrons. The Balaban J connectivity index is 1.87. The predicted molar refractivity (Wildman–Crippen MR) is 109 cm³/mol. The van der Waals surface area contributed by atoms with Crippen molar-refractivity contribution in [1.29, 1.82) is 0 Å². The lowest BCUT2D eigenvalue weighted by Crippen LogP contribution is -2.32. The van der Waals surface area contributed by atoms with Crippen molar-refractivity contribution in [2.75, 3.05) is 52.4 Å². The fourth-order valence-corrected chi connectivity index (χ4v) is 3.83. The average molecular weight is 386 g/mol. The van der Waals surface area contributed by atoms with Gasteiger partial charge in [0, 0.05) is 24.8 Å². The average Bonchev–Trinajstić information content (AvgIpc) is 2.75. The highest BCUT2D eigenvalue weighted by molar-refractivity contribution is 6.01. The molecule has 2 aliphatic heterocycles. The summed E-state index contributed by atoms with van der Waals surface area (Å²) in [5.74, 6) is 0.719. The summed E-state index contributed by atoms with van der Waals surface area (Å²) in [6.45, 7) is 3.95. The van der Waals surface area contributed by atoms with Crippen LogP contribution in [0.1, 0.15) is 17.5 Å². The molecule has 28 heavy (non-hydrogen) atoms. The number of nitrogens with one attached hydrogen (secondary N) is 1. The quantitative estimate of drug-likeness (QED) is 0.788. The molecule has 0 unspecified atom stereocenters. The maximum absolute atomic E-state index is 13.1. The van der Waals surface area contributed by atoms with E-state index in [9.17, 15) is 4.79 Å². The Morgan fingerprint density at radius 3 is 2.86 bits per heavy atom. The Bertz CT molecular complexity index is 948. The van der Waals surface area contributed by atoms with Crippen molar-refractivity contribution in [2.24, 2.45) is 5.10 Å². The Labute approximate surface area is 163 Å². The number of nitrogens with zero attached hydrogens (tertiary/aromatic N) is 3. The van der Waals surface area contributed by atoms with Gasteiger partial charge in [-0.3, -0.25) is 14.4 Å². The monoisotopic (exact) mass is 386 g/mol. The number of hydrazone groups is 1. The van der Waals surface area contributed by atoms with Crippen LogP contribution in [0.15, 0.2) is 22.0 Å². The lowest BCUT2D eigenvalue weighted by Gasteiger charge is -2.24. The molecule has 2 aliphatic rings. The number of aromatic nitrogens is 1. The summed E-state index contributed by atoms with van der Waals surface area (Å²) in [4.78, 5) is 13.1. The molecule has 0 aliphatic carbocycles. The Hall–Kier alpha value is -2.58. The number of hydrogen-bond donors (Lipinski definition) is 1. The van der Waals surface area contributed by atoms with Gasteiger partial charge in [-0.05, 0) is 25.0 Å². The first kappa shape index (κ1) is 18.8. The van der Waals surface area contributed by atoms with Crippen molar-refractivity contribution in [3.63, 3.8) is 0 Å². The normalized spacial score (nSPS) is 17.0. The number of morpholine rings is 1. The summed E-state index contributed by atoms with van der Waals surface area (Å²) in [6.07, 6.45) is 3.50. The Morgan fingerprint density at radius 2 is 2.11 bits per heavy atom. The molecule has 0 atom stereocenters. The van der Waals surface area contributed by atoms with Gasteiger partial charge in [0.15, 0.2) is 0 Å². The van der Waals surface area contributed by atoms with Gasteiger partial charge in [-0.2, -0.15) is 5.10 Å². The molecule has 1 saturated heterocycles. The first-order valence-electron chi connectivity index (χ1n) is 9.60. The van der Waals surface area contributed by atoms with Gasteiger partial charge in [0.25, 0.3) is 5.56 Å². The van der Waals surface area contributed by atoms with Gasteiger partial charge in [0.05, 0.1) is 56.2 Å². The second-order valence-electron chi connectivity index (χ2n) is 6.96. The number of methoxy groups -OCH3 is 2. The van der Waals surface area contributed by atoms with Crippen LogP contribution >= 0.6 is 0 Å². The van der Waals surface area contributed by atoms with Gasteiger partial charge in [-0.25, -0.2) is 0 Å². The molecule has 1 aromatic carbocycles. The number of fused-ring (bicyclic) bond motifs is 3. The molecule has 0 amide bonds. The van der Waals surface area contributed by atoms with E-state index < -0.39 is 0 Å². The minimum absolute atomic E-state index is 0.0131. The molecule has 4 rings (SSSR count). The minimum atomic E-state index is -0.0131. The Morgan fingerprint density at radius 1 is 1.29 bits per heavy atom. The lowest BCUT2D eigenvalue weighted by molar-refractivity contribution is 0.0397. The standard InChI is InChI=1S/C20H26N4O4/c1-26-13-24-16-10-14(12-22-23-6-8-28-9-7-23)11-17(27-2)18(16)19-15(20(24)25)4-3-5-21-19/h10-12,21H,3-9,13H2,1-2H3/b22-12-. The van der Waals surface area contributed by atoms with Gasteiger partial charge >= 0.3 is 0 Å². The van der Waals surface area contributed by atoms with Gasteiger partial charge in [-0.1, -0.05) is 0 Å². The van der Waals surface area contributed by atoms with Crippen molar-refractivity contribution >= 4 is 22.8 Å². The zero-order valence-corrected chi connectivity index (χ0v) is 16.4. The third-order valence-corrected chi connectivity index (χ3v) is 5.19. The number of rotatable bonds is 5. The molecule has 8 heteroatoms. The van der Waals surface area contributed by atoms with Gasteiger partial charge in [0.2, 0.25) is 0 Å². The third-order valence-electron chi connectivity index (χ3n) is 5.19. The van der Waals surface area contributed by atoms with Gasteiger partial charge in [-0.15, -0.1) is 0 Å². The van der Waals surface area contributed by atoms with E-state index in [1.54, 1.807) is 18.8 Å². The SMILES string of the molecule is COCn1c(=O)c2c(c3c(OC)cc(/C=N\N4CCOCC4)cc31)NCCC2. The van der Waals surface area contributed by atoms with E-state index in [1.807, 2.05) is 23.4 Å². The van der Waals surface area contributed by atoms with Crippen LogP contribution in [0.3, 0.4) is 0 Å². The van der Waals surface area contributed by atoms with Crippen LogP contribution in [0.4, 0.5) is 5.69 Å². The fraction of sp³-hybridized carbons (Fsp3) is 0.500. The molecule has 0 radical (unpaired) electrons. The number of hydrogen-bond acceptors (Lipinski definition) is 7. The second kappa shape index (κ2) is 8.20. The molecule has 0 saturated carbocycles. The number of benzene rings is 1. The van der Waals surface area contributed by atoms with Crippen molar-refractivity contribution in [2.45, 2.75) is 19.6 Å². The highest BCUT2D eigenvalue weighted by Gasteiger charge is 2.22. The van der Waals surface area contributed by atoms with Gasteiger partial charge in [0.1, 0.15) is 12.5 Å². The topological polar surface area (TPSA) is 77.3 Å². The molecule has 2 aromatic rings. The lowest BCUT2D eigenvalue weighted by atomic mass is 9.99. The third kappa shape index (κ3) is 3.45. The summed E-state index contributed by atoms with van der Waals surface area (Å²) < 4.78 is 18.1. The summed E-state index contributed by atoms with van der Waals surface area (Å²) in [5, 5.41) is 10.9. The molecule has 1 N–H and O–H groups in total. The molecule has 1 aromatic heterocycles. The molecule has 0 spiro atoms. The minimum Gasteiger partial charge on any atom is -0.496 e. The predicted octanol–water partition coefficient (Wildman–Crippen LogP) is 1.64. The van der Waals surface area contributed by atoms with Crippen LogP contribution in [0.2, 0.25) is 0 Å². The Kier molecular flexibility index (Phi) is 5.50. The van der Waals surface area contributed by atoms with E-state index in [4.69, 9.17) is 14.2 Å². The van der Waals surface area contributed by atoms with Gasteiger partial charge < -0.3 is 19.5 Å². The zero-order valence-electron chi connectivity index (χ0n) is 16.4. The van der Waals surface area contributed by atoms with E-state index in [0.29, 0.717) is 13.2 Å². The maximum atomic E-state index is 13.1. The molecular weight excluding hydrogens is 360 g/mol. The van der Waals surface area contributed by atoms with Crippen LogP contribution in [0.25, 0.3) is 10.9 Å². The van der Waals surface area contributed by atoms with Crippen LogP contribution in [-0.2, 0) is 22.6 Å². The maximum Gasteiger partial charge on any atom is 0.258 e. The van der Waals surface area contributed by atoms with E-state index in [2.05, 4.69) is 10.4 Å². The van der Waals surface area contributed by atoms with E-state index >= 15 is 0 Å². The smallest absolute Gasteiger partial charge is 0.258 e. The van der Waals surface area contributed by atoms with Crippen LogP contribution in [0, 0.1) is 0 Å². The summed E-state index contributed by atoms with van der Waals surface area (Å²) >= 11 is 0. The summed E-state index contributed by atoms with van der Waals surface area (Å²) in [5.41, 5.74) is 3.32. The van der Waals surface area contributed by atoms with Crippen LogP contribution in [-0.4, -0.2) is 62.9 Å². The number of anilines is 1. The molecule has 1 fully saturated rings. The molecule has 3 heterocycles. The van der Waals surface area contributed by atoms with Crippen LogP contribution in [0.5, 0.6) is 5.75 Å². The number of pyridine rings is 1. The number of ether oxygens (including phenoxy) is 3. The summed E-state index contributed by atoms with van der Waals surface area (Å²) in [6, 6.07) is 3.93. The largest absolute Gasteiger partial charge is 0.496 e. The van der Waals surface area contributed by atoms with E-state index in [0.717, 1.165) is 65.9 Å². The zero-order chi connectivity index (χ0) is 19.5. The first-order valence-corrected chi connectivity index (χ1v) is 9.60. The second-order valence-corrected chi connectivity index (χ2v) is 6.96. The van der Waals surface area contributed by atoms with Crippen molar-refractivity contribution < 1.29 is 14.2 Å². The highest BCUT2D eigenvalue weighted by atomic mass is 16.5. The molecule has 0 bridgehead atoms.